The first-order valence-corrected chi connectivity index (χ1v) is 36.9. The van der Waals surface area contributed by atoms with Crippen molar-refractivity contribution in [2.45, 2.75) is 315 Å². The van der Waals surface area contributed by atoms with E-state index in [2.05, 4.69) is 141 Å². The highest BCUT2D eigenvalue weighted by molar-refractivity contribution is 7.47. The summed E-state index contributed by atoms with van der Waals surface area (Å²) in [6, 6.07) is -0.772. The number of hydrogen-bond donors (Lipinski definition) is 3. The van der Waals surface area contributed by atoms with Crippen molar-refractivity contribution < 1.29 is 32.9 Å². The van der Waals surface area contributed by atoms with E-state index in [1.807, 2.05) is 21.1 Å². The SMILES string of the molecule is CC/C=C\C/C=C\C/C=C\C/C=C\C/C=C\C/C=C\C/C=C\C/C=C\C/C=C\C/C=C\CCCCCCCCCCCCC(=O)NC(COP(=O)(O)OCC[N+](C)(C)C)C(O)CCCCCCCCCCCCCCCCCCCCCCCC. The molecule has 3 N–H and O–H groups in total. The molecule has 85 heavy (non-hydrogen) atoms. The average Bonchev–Trinajstić information content (AvgIpc) is 3.48. The number of nitrogens with zero attached hydrogens (tertiary/aromatic N) is 1. The molecule has 0 saturated heterocycles. The maximum atomic E-state index is 13.1. The molecule has 0 heterocycles. The summed E-state index contributed by atoms with van der Waals surface area (Å²) < 4.78 is 23.9. The van der Waals surface area contributed by atoms with Crippen molar-refractivity contribution >= 4 is 13.7 Å². The summed E-state index contributed by atoms with van der Waals surface area (Å²) in [5.74, 6) is -0.150. The Bertz CT molecular complexity index is 1800. The van der Waals surface area contributed by atoms with Gasteiger partial charge in [-0.1, -0.05) is 328 Å². The number of likely N-dealkylation sites (N-methyl/N-ethyl adjacent to an activating group) is 1. The number of rotatable bonds is 64. The van der Waals surface area contributed by atoms with Gasteiger partial charge in [-0.25, -0.2) is 4.57 Å². The number of aliphatic hydroxyl groups is 1. The number of unbranched alkanes of at least 4 members (excludes halogenated alkanes) is 31. The number of phosphoric acid groups is 1. The highest BCUT2D eigenvalue weighted by Gasteiger charge is 2.28. The summed E-state index contributed by atoms with van der Waals surface area (Å²) in [7, 11) is 1.61. The summed E-state index contributed by atoms with van der Waals surface area (Å²) in [4.78, 5) is 23.5. The van der Waals surface area contributed by atoms with Gasteiger partial charge in [-0.15, -0.1) is 0 Å². The van der Waals surface area contributed by atoms with E-state index >= 15 is 0 Å². The molecule has 0 radical (unpaired) electrons. The first-order valence-electron chi connectivity index (χ1n) is 35.4. The number of amides is 1. The smallest absolute Gasteiger partial charge is 0.391 e. The Morgan fingerprint density at radius 1 is 0.412 bits per heavy atom. The molecule has 0 bridgehead atoms. The van der Waals surface area contributed by atoms with Gasteiger partial charge in [-0.3, -0.25) is 13.8 Å². The molecule has 0 saturated carbocycles. The van der Waals surface area contributed by atoms with Gasteiger partial charge < -0.3 is 19.8 Å². The van der Waals surface area contributed by atoms with Crippen molar-refractivity contribution in [3.63, 3.8) is 0 Å². The van der Waals surface area contributed by atoms with E-state index in [0.717, 1.165) is 109 Å². The van der Waals surface area contributed by atoms with Crippen LogP contribution in [0.5, 0.6) is 0 Å². The molecule has 9 heteroatoms. The minimum Gasteiger partial charge on any atom is -0.391 e. The molecule has 0 fully saturated rings. The van der Waals surface area contributed by atoms with Crippen LogP contribution in [0.25, 0.3) is 0 Å². The Morgan fingerprint density at radius 3 is 1.04 bits per heavy atom. The summed E-state index contributed by atoms with van der Waals surface area (Å²) in [5, 5.41) is 14.1. The van der Waals surface area contributed by atoms with Gasteiger partial charge in [0.15, 0.2) is 0 Å². The monoisotopic (exact) mass is 1200 g/mol. The van der Waals surface area contributed by atoms with E-state index in [1.54, 1.807) is 0 Å². The molecule has 0 aromatic carbocycles. The number of hydrogen-bond acceptors (Lipinski definition) is 5. The Labute approximate surface area is 526 Å². The van der Waals surface area contributed by atoms with Gasteiger partial charge in [-0.05, 0) is 89.9 Å². The summed E-state index contributed by atoms with van der Waals surface area (Å²) in [6.07, 6.45) is 97.2. The predicted molar refractivity (Wildman–Crippen MR) is 373 cm³/mol. The van der Waals surface area contributed by atoms with Crippen molar-refractivity contribution in [3.8, 4) is 0 Å². The van der Waals surface area contributed by atoms with Crippen LogP contribution in [-0.2, 0) is 18.4 Å². The highest BCUT2D eigenvalue weighted by Crippen LogP contribution is 2.43. The van der Waals surface area contributed by atoms with Crippen LogP contribution < -0.4 is 5.32 Å². The number of allylic oxidation sites excluding steroid dienone is 20. The van der Waals surface area contributed by atoms with E-state index in [9.17, 15) is 19.4 Å². The molecule has 490 valence electrons. The number of aliphatic hydroxyl groups excluding tert-OH is 1. The van der Waals surface area contributed by atoms with E-state index in [4.69, 9.17) is 9.05 Å². The second-order valence-electron chi connectivity index (χ2n) is 24.9. The van der Waals surface area contributed by atoms with Crippen LogP contribution in [-0.4, -0.2) is 73.4 Å². The second-order valence-corrected chi connectivity index (χ2v) is 26.3. The molecule has 1 amide bonds. The van der Waals surface area contributed by atoms with Gasteiger partial charge in [0.1, 0.15) is 13.2 Å². The van der Waals surface area contributed by atoms with Crippen LogP contribution in [0, 0.1) is 0 Å². The minimum absolute atomic E-state index is 0.0695. The largest absolute Gasteiger partial charge is 0.472 e. The minimum atomic E-state index is -4.34. The van der Waals surface area contributed by atoms with Gasteiger partial charge >= 0.3 is 7.82 Å². The molecule has 8 nitrogen and oxygen atoms in total. The molecule has 0 aromatic heterocycles. The second kappa shape index (κ2) is 65.3. The lowest BCUT2D eigenvalue weighted by Crippen LogP contribution is -2.46. The molecule has 3 atom stereocenters. The Hall–Kier alpha value is -3.10. The average molecular weight is 1200 g/mol. The first kappa shape index (κ1) is 81.9. The zero-order valence-electron chi connectivity index (χ0n) is 56.1. The fraction of sp³-hybridized carbons (Fsp3) is 0.724. The summed E-state index contributed by atoms with van der Waals surface area (Å²) in [6.45, 7) is 4.79. The zero-order chi connectivity index (χ0) is 61.9. The van der Waals surface area contributed by atoms with Crippen molar-refractivity contribution in [1.82, 2.24) is 5.32 Å². The standard InChI is InChI=1S/C76H135N2O6P/c1-6-8-10-12-14-16-18-20-22-24-26-28-30-31-32-33-34-35-36-37-38-39-40-41-42-43-44-45-46-47-48-50-52-54-56-58-60-62-64-66-68-70-76(80)77-74(73-84-85(81,82)83-72-71-78(3,4)5)75(79)69-67-65-63-61-59-57-55-53-51-49-29-27-25-23-21-19-17-15-13-11-9-7-2/h8,10,14,16,20,22,26,28,31-32,34-35,37-38,40-41,43-44,46-47,74-75,79H,6-7,9,11-13,15,17-19,21,23-25,27,29-30,33,36,39,42,45,48-73H2,1-5H3,(H-,77,80,81,82)/p+1/b10-8-,16-14-,22-20-,28-26-,32-31-,35-34-,38-37-,41-40-,44-43-,47-46-. The quantitative estimate of drug-likeness (QED) is 0.0243. The van der Waals surface area contributed by atoms with Crippen LogP contribution in [0.3, 0.4) is 0 Å². The topological polar surface area (TPSA) is 105 Å². The van der Waals surface area contributed by atoms with Crippen molar-refractivity contribution in [3.05, 3.63) is 122 Å². The lowest BCUT2D eigenvalue weighted by atomic mass is 10.0. The fourth-order valence-electron chi connectivity index (χ4n) is 10.0. The highest BCUT2D eigenvalue weighted by atomic mass is 31.2. The molecule has 0 spiro atoms. The van der Waals surface area contributed by atoms with E-state index in [1.165, 1.54) is 167 Å². The molecule has 0 aliphatic heterocycles. The molecular formula is C76H136N2O6P+. The molecular weight excluding hydrogens is 1070 g/mol. The van der Waals surface area contributed by atoms with Crippen molar-refractivity contribution in [1.29, 1.82) is 0 Å². The fourth-order valence-corrected chi connectivity index (χ4v) is 10.8. The molecule has 0 aliphatic rings. The van der Waals surface area contributed by atoms with Crippen LogP contribution in [0.15, 0.2) is 122 Å². The van der Waals surface area contributed by atoms with Gasteiger partial charge in [0, 0.05) is 6.42 Å². The predicted octanol–water partition coefficient (Wildman–Crippen LogP) is 22.8. The van der Waals surface area contributed by atoms with Gasteiger partial charge in [0.2, 0.25) is 5.91 Å². The van der Waals surface area contributed by atoms with Crippen molar-refractivity contribution in [2.75, 3.05) is 40.9 Å². The van der Waals surface area contributed by atoms with Gasteiger partial charge in [-0.2, -0.15) is 0 Å². The molecule has 0 rings (SSSR count). The van der Waals surface area contributed by atoms with Crippen LogP contribution in [0.2, 0.25) is 0 Å². The summed E-state index contributed by atoms with van der Waals surface area (Å²) in [5.41, 5.74) is 0. The molecule has 0 aliphatic carbocycles. The van der Waals surface area contributed by atoms with E-state index in [-0.39, 0.29) is 19.1 Å². The first-order chi connectivity index (χ1) is 41.5. The van der Waals surface area contributed by atoms with Crippen molar-refractivity contribution in [2.24, 2.45) is 0 Å². The zero-order valence-corrected chi connectivity index (χ0v) is 57.0. The Morgan fingerprint density at radius 2 is 0.706 bits per heavy atom. The summed E-state index contributed by atoms with van der Waals surface area (Å²) >= 11 is 0. The van der Waals surface area contributed by atoms with Crippen LogP contribution in [0.4, 0.5) is 0 Å². The molecule has 0 aromatic rings. The molecule has 3 unspecified atom stereocenters. The normalized spacial score (nSPS) is 14.4. The number of carbonyl (C=O) groups is 1. The van der Waals surface area contributed by atoms with Crippen LogP contribution >= 0.6 is 7.82 Å². The third-order valence-electron chi connectivity index (χ3n) is 15.5. The number of quaternary nitrogens is 1. The van der Waals surface area contributed by atoms with Gasteiger partial charge in [0.05, 0.1) is 39.9 Å². The number of nitrogens with one attached hydrogen (secondary N) is 1. The lowest BCUT2D eigenvalue weighted by molar-refractivity contribution is -0.870. The Kier molecular flexibility index (Phi) is 63.0. The third-order valence-corrected chi connectivity index (χ3v) is 16.5. The number of phosphoric ester groups is 1. The van der Waals surface area contributed by atoms with Gasteiger partial charge in [0.25, 0.3) is 0 Å². The van der Waals surface area contributed by atoms with E-state index in [0.29, 0.717) is 23.9 Å². The maximum absolute atomic E-state index is 13.1. The third kappa shape index (κ3) is 68.3. The van der Waals surface area contributed by atoms with E-state index < -0.39 is 20.0 Å². The lowest BCUT2D eigenvalue weighted by Gasteiger charge is -2.26. The number of carbonyl (C=O) groups excluding carboxylic acids is 1. The Balaban J connectivity index is 4.07. The van der Waals surface area contributed by atoms with Crippen LogP contribution in [0.1, 0.15) is 303 Å². The maximum Gasteiger partial charge on any atom is 0.472 e.